The zero-order valence-corrected chi connectivity index (χ0v) is 11.7. The average molecular weight is 258 g/mol. The first-order valence-electron chi connectivity index (χ1n) is 7.08. The molecule has 3 heteroatoms. The summed E-state index contributed by atoms with van der Waals surface area (Å²) in [6.07, 6.45) is 1.02. The maximum atomic E-state index is 12.4. The summed E-state index contributed by atoms with van der Waals surface area (Å²) in [5, 5.41) is 0. The fourth-order valence-corrected chi connectivity index (χ4v) is 3.17. The number of nitrogens with zero attached hydrogens (tertiary/aromatic N) is 1. The molecule has 102 valence electrons. The Morgan fingerprint density at radius 3 is 2.47 bits per heavy atom. The van der Waals surface area contributed by atoms with Crippen LogP contribution in [0.1, 0.15) is 31.7 Å². The number of benzene rings is 1. The van der Waals surface area contributed by atoms with Crippen molar-refractivity contribution in [3.63, 3.8) is 0 Å². The van der Waals surface area contributed by atoms with Gasteiger partial charge in [-0.2, -0.15) is 0 Å². The molecule has 1 saturated heterocycles. The molecule has 0 aromatic heterocycles. The molecule has 1 aliphatic heterocycles. The van der Waals surface area contributed by atoms with Gasteiger partial charge < -0.3 is 10.6 Å². The van der Waals surface area contributed by atoms with Crippen LogP contribution in [0, 0.1) is 11.3 Å². The monoisotopic (exact) mass is 258 g/mol. The lowest BCUT2D eigenvalue weighted by atomic mass is 9.95. The van der Waals surface area contributed by atoms with E-state index in [1.165, 1.54) is 5.56 Å². The van der Waals surface area contributed by atoms with Gasteiger partial charge >= 0.3 is 0 Å². The molecule has 2 aliphatic rings. The van der Waals surface area contributed by atoms with Crippen molar-refractivity contribution in [3.8, 4) is 0 Å². The van der Waals surface area contributed by atoms with E-state index in [1.807, 2.05) is 23.1 Å². The van der Waals surface area contributed by atoms with Crippen LogP contribution in [0.4, 0.5) is 0 Å². The Bertz CT molecular complexity index is 483. The largest absolute Gasteiger partial charge is 0.340 e. The van der Waals surface area contributed by atoms with Crippen LogP contribution < -0.4 is 5.73 Å². The Kier molecular flexibility index (Phi) is 2.90. The van der Waals surface area contributed by atoms with Gasteiger partial charge in [0, 0.05) is 31.0 Å². The smallest absolute Gasteiger partial charge is 0.226 e. The Morgan fingerprint density at radius 2 is 1.89 bits per heavy atom. The maximum absolute atomic E-state index is 12.4. The number of carbonyl (C=O) groups excluding carboxylic acids is 1. The highest BCUT2D eigenvalue weighted by molar-refractivity contribution is 5.83. The van der Waals surface area contributed by atoms with Crippen LogP contribution in [0.3, 0.4) is 0 Å². The van der Waals surface area contributed by atoms with Gasteiger partial charge in [-0.1, -0.05) is 44.2 Å². The minimum Gasteiger partial charge on any atom is -0.340 e. The van der Waals surface area contributed by atoms with Gasteiger partial charge in [0.1, 0.15) is 0 Å². The third-order valence-electron chi connectivity index (χ3n) is 4.72. The first-order valence-corrected chi connectivity index (χ1v) is 7.08. The molecule has 0 bridgehead atoms. The van der Waals surface area contributed by atoms with Crippen LogP contribution in [-0.4, -0.2) is 29.9 Å². The average Bonchev–Trinajstić information content (AvgIpc) is 2.85. The number of likely N-dealkylation sites (tertiary alicyclic amines) is 1. The molecule has 2 fully saturated rings. The standard InChI is InChI=1S/C16H22N2O/c1-16(2)8-13(16)15(19)18-9-12(14(17)10-18)11-6-4-3-5-7-11/h3-7,12-14H,8-10,17H2,1-2H3/t12-,13?,14+/m0/s1. The fourth-order valence-electron chi connectivity index (χ4n) is 3.17. The second-order valence-corrected chi connectivity index (χ2v) is 6.67. The van der Waals surface area contributed by atoms with Crippen molar-refractivity contribution in [1.82, 2.24) is 4.90 Å². The number of amides is 1. The highest BCUT2D eigenvalue weighted by Crippen LogP contribution is 2.52. The summed E-state index contributed by atoms with van der Waals surface area (Å²) in [5.74, 6) is 0.806. The highest BCUT2D eigenvalue weighted by Gasteiger charge is 2.53. The summed E-state index contributed by atoms with van der Waals surface area (Å²) in [6.45, 7) is 5.81. The van der Waals surface area contributed by atoms with Gasteiger partial charge in [-0.3, -0.25) is 4.79 Å². The van der Waals surface area contributed by atoms with Crippen LogP contribution >= 0.6 is 0 Å². The third kappa shape index (κ3) is 2.27. The van der Waals surface area contributed by atoms with Gasteiger partial charge in [0.05, 0.1) is 0 Å². The quantitative estimate of drug-likeness (QED) is 0.881. The lowest BCUT2D eigenvalue weighted by Gasteiger charge is -2.17. The predicted octanol–water partition coefficient (Wildman–Crippen LogP) is 1.99. The van der Waals surface area contributed by atoms with Crippen molar-refractivity contribution in [3.05, 3.63) is 35.9 Å². The SMILES string of the molecule is CC1(C)CC1C(=O)N1C[C@@H](N)[C@H](c2ccccc2)C1. The molecule has 1 amide bonds. The first kappa shape index (κ1) is 12.7. The lowest BCUT2D eigenvalue weighted by Crippen LogP contribution is -2.33. The topological polar surface area (TPSA) is 46.3 Å². The highest BCUT2D eigenvalue weighted by atomic mass is 16.2. The van der Waals surface area contributed by atoms with E-state index in [1.54, 1.807) is 0 Å². The van der Waals surface area contributed by atoms with Gasteiger partial charge in [0.2, 0.25) is 5.91 Å². The summed E-state index contributed by atoms with van der Waals surface area (Å²) in [4.78, 5) is 14.4. The number of hydrogen-bond acceptors (Lipinski definition) is 2. The van der Waals surface area contributed by atoms with Gasteiger partial charge in [-0.15, -0.1) is 0 Å². The van der Waals surface area contributed by atoms with E-state index in [4.69, 9.17) is 5.73 Å². The Labute approximate surface area is 114 Å². The summed E-state index contributed by atoms with van der Waals surface area (Å²) in [7, 11) is 0. The fraction of sp³-hybridized carbons (Fsp3) is 0.562. The molecule has 3 nitrogen and oxygen atoms in total. The predicted molar refractivity (Wildman–Crippen MR) is 75.6 cm³/mol. The molecule has 3 atom stereocenters. The molecule has 0 radical (unpaired) electrons. The zero-order chi connectivity index (χ0) is 13.6. The van der Waals surface area contributed by atoms with E-state index in [2.05, 4.69) is 26.0 Å². The molecule has 0 spiro atoms. The molecule has 1 heterocycles. The van der Waals surface area contributed by atoms with Gasteiger partial charge in [-0.25, -0.2) is 0 Å². The summed E-state index contributed by atoms with van der Waals surface area (Å²) in [5.41, 5.74) is 7.68. The van der Waals surface area contributed by atoms with E-state index >= 15 is 0 Å². The minimum absolute atomic E-state index is 0.0632. The van der Waals surface area contributed by atoms with Crippen molar-refractivity contribution in [2.75, 3.05) is 13.1 Å². The number of hydrogen-bond donors (Lipinski definition) is 1. The molecular formula is C16H22N2O. The van der Waals surface area contributed by atoms with Crippen LogP contribution in [0.25, 0.3) is 0 Å². The van der Waals surface area contributed by atoms with Crippen LogP contribution in [0.5, 0.6) is 0 Å². The van der Waals surface area contributed by atoms with E-state index in [-0.39, 0.29) is 23.3 Å². The number of carbonyl (C=O) groups is 1. The molecular weight excluding hydrogens is 236 g/mol. The van der Waals surface area contributed by atoms with E-state index < -0.39 is 0 Å². The molecule has 3 rings (SSSR count). The van der Waals surface area contributed by atoms with Crippen molar-refractivity contribution in [1.29, 1.82) is 0 Å². The normalized spacial score (nSPS) is 32.4. The van der Waals surface area contributed by atoms with Crippen LogP contribution in [0.15, 0.2) is 30.3 Å². The Hall–Kier alpha value is -1.35. The molecule has 2 N–H and O–H groups in total. The van der Waals surface area contributed by atoms with Gasteiger partial charge in [-0.05, 0) is 17.4 Å². The summed E-state index contributed by atoms with van der Waals surface area (Å²) < 4.78 is 0. The Balaban J connectivity index is 1.70. The van der Waals surface area contributed by atoms with Crippen LogP contribution in [-0.2, 0) is 4.79 Å². The number of rotatable bonds is 2. The molecule has 1 saturated carbocycles. The maximum Gasteiger partial charge on any atom is 0.226 e. The second-order valence-electron chi connectivity index (χ2n) is 6.67. The number of nitrogens with two attached hydrogens (primary N) is 1. The first-order chi connectivity index (χ1) is 8.99. The Morgan fingerprint density at radius 1 is 1.26 bits per heavy atom. The van der Waals surface area contributed by atoms with Crippen molar-refractivity contribution >= 4 is 5.91 Å². The molecule has 1 unspecified atom stereocenters. The zero-order valence-electron chi connectivity index (χ0n) is 11.7. The molecule has 1 aliphatic carbocycles. The molecule has 19 heavy (non-hydrogen) atoms. The van der Waals surface area contributed by atoms with Crippen molar-refractivity contribution < 1.29 is 4.79 Å². The van der Waals surface area contributed by atoms with Gasteiger partial charge in [0.25, 0.3) is 0 Å². The second kappa shape index (κ2) is 4.34. The van der Waals surface area contributed by atoms with E-state index in [0.717, 1.165) is 13.0 Å². The lowest BCUT2D eigenvalue weighted by molar-refractivity contribution is -0.132. The summed E-state index contributed by atoms with van der Waals surface area (Å²) >= 11 is 0. The van der Waals surface area contributed by atoms with Crippen LogP contribution in [0.2, 0.25) is 0 Å². The molecule has 1 aromatic carbocycles. The van der Waals surface area contributed by atoms with E-state index in [0.29, 0.717) is 12.5 Å². The van der Waals surface area contributed by atoms with Crippen molar-refractivity contribution in [2.45, 2.75) is 32.2 Å². The van der Waals surface area contributed by atoms with Crippen molar-refractivity contribution in [2.24, 2.45) is 17.1 Å². The third-order valence-corrected chi connectivity index (χ3v) is 4.72. The summed E-state index contributed by atoms with van der Waals surface area (Å²) in [6, 6.07) is 10.4. The van der Waals surface area contributed by atoms with Gasteiger partial charge in [0.15, 0.2) is 0 Å². The minimum atomic E-state index is 0.0632. The van der Waals surface area contributed by atoms with E-state index in [9.17, 15) is 4.79 Å². The molecule has 1 aromatic rings.